The molecule has 0 radical (unpaired) electrons. The molecule has 2 amide bonds. The number of amides is 2. The van der Waals surface area contributed by atoms with Gasteiger partial charge >= 0.3 is 0 Å². The van der Waals surface area contributed by atoms with E-state index < -0.39 is 12.0 Å². The zero-order valence-corrected chi connectivity index (χ0v) is 14.4. The second-order valence-electron chi connectivity index (χ2n) is 6.36. The summed E-state index contributed by atoms with van der Waals surface area (Å²) in [6, 6.07) is 9.26. The first-order valence-corrected chi connectivity index (χ1v) is 8.10. The number of aromatic nitrogens is 1. The van der Waals surface area contributed by atoms with Crippen molar-refractivity contribution in [2.24, 2.45) is 5.92 Å². The zero-order valence-electron chi connectivity index (χ0n) is 14.4. The molecule has 1 aliphatic rings. The van der Waals surface area contributed by atoms with Gasteiger partial charge in [-0.2, -0.15) is 0 Å². The predicted molar refractivity (Wildman–Crippen MR) is 92.4 cm³/mol. The molecule has 25 heavy (non-hydrogen) atoms. The quantitative estimate of drug-likeness (QED) is 0.862. The second kappa shape index (κ2) is 6.63. The van der Waals surface area contributed by atoms with Crippen molar-refractivity contribution in [3.63, 3.8) is 0 Å². The van der Waals surface area contributed by atoms with E-state index in [-0.39, 0.29) is 24.1 Å². The summed E-state index contributed by atoms with van der Waals surface area (Å²) in [5.41, 5.74) is 1.50. The van der Waals surface area contributed by atoms with Gasteiger partial charge in [-0.25, -0.2) is 9.37 Å². The number of hydrogen-bond donors (Lipinski definition) is 0. The molecular weight excluding hydrogens is 321 g/mol. The highest BCUT2D eigenvalue weighted by atomic mass is 19.1. The van der Waals surface area contributed by atoms with Crippen molar-refractivity contribution in [2.45, 2.75) is 19.4 Å². The van der Waals surface area contributed by atoms with Crippen molar-refractivity contribution < 1.29 is 14.0 Å². The van der Waals surface area contributed by atoms with Gasteiger partial charge in [-0.05, 0) is 36.2 Å². The summed E-state index contributed by atoms with van der Waals surface area (Å²) in [5.74, 6) is -0.726. The molecule has 1 aromatic carbocycles. The molecule has 5 nitrogen and oxygen atoms in total. The summed E-state index contributed by atoms with van der Waals surface area (Å²) >= 11 is 0. The minimum absolute atomic E-state index is 0.104. The number of aryl methyl sites for hydroxylation is 1. The number of rotatable bonds is 3. The molecule has 0 spiro atoms. The van der Waals surface area contributed by atoms with Gasteiger partial charge < -0.3 is 4.90 Å². The van der Waals surface area contributed by atoms with Crippen LogP contribution in [-0.2, 0) is 9.59 Å². The summed E-state index contributed by atoms with van der Waals surface area (Å²) < 4.78 is 13.6. The van der Waals surface area contributed by atoms with Gasteiger partial charge in [-0.1, -0.05) is 18.2 Å². The van der Waals surface area contributed by atoms with Crippen LogP contribution in [0.2, 0.25) is 0 Å². The SMILES string of the molecule is Cc1cccnc1N(C)C(=O)[C@@H]1CC(=O)N(C)[C@H]1c1cccc(F)c1. The normalized spacial score (nSPS) is 20.0. The number of benzene rings is 1. The third kappa shape index (κ3) is 3.12. The van der Waals surface area contributed by atoms with Crippen LogP contribution in [0.4, 0.5) is 10.2 Å². The Hall–Kier alpha value is -2.76. The van der Waals surface area contributed by atoms with Crippen molar-refractivity contribution in [3.05, 3.63) is 59.5 Å². The Kier molecular flexibility index (Phi) is 4.53. The van der Waals surface area contributed by atoms with E-state index in [0.717, 1.165) is 5.56 Å². The van der Waals surface area contributed by atoms with Crippen LogP contribution in [0.25, 0.3) is 0 Å². The lowest BCUT2D eigenvalue weighted by atomic mass is 9.92. The number of anilines is 1. The van der Waals surface area contributed by atoms with Crippen molar-refractivity contribution in [1.29, 1.82) is 0 Å². The largest absolute Gasteiger partial charge is 0.338 e. The summed E-state index contributed by atoms with van der Waals surface area (Å²) in [7, 11) is 3.31. The molecule has 0 saturated carbocycles. The lowest BCUT2D eigenvalue weighted by Crippen LogP contribution is -2.36. The summed E-state index contributed by atoms with van der Waals surface area (Å²) in [4.78, 5) is 32.6. The molecule has 1 saturated heterocycles. The predicted octanol–water partition coefficient (Wildman–Crippen LogP) is 2.71. The van der Waals surface area contributed by atoms with Gasteiger partial charge in [-0.3, -0.25) is 14.5 Å². The molecule has 2 heterocycles. The maximum atomic E-state index is 13.6. The average molecular weight is 341 g/mol. The maximum Gasteiger partial charge on any atom is 0.233 e. The van der Waals surface area contributed by atoms with Gasteiger partial charge in [0, 0.05) is 26.7 Å². The van der Waals surface area contributed by atoms with Crippen LogP contribution in [0.1, 0.15) is 23.6 Å². The molecule has 6 heteroatoms. The third-order valence-corrected chi connectivity index (χ3v) is 4.72. The third-order valence-electron chi connectivity index (χ3n) is 4.72. The lowest BCUT2D eigenvalue weighted by Gasteiger charge is -2.28. The molecule has 1 aliphatic heterocycles. The molecule has 2 atom stereocenters. The first-order chi connectivity index (χ1) is 11.9. The van der Waals surface area contributed by atoms with E-state index in [0.29, 0.717) is 11.4 Å². The summed E-state index contributed by atoms with van der Waals surface area (Å²) in [6.07, 6.45) is 1.73. The Labute approximate surface area is 146 Å². The van der Waals surface area contributed by atoms with E-state index in [4.69, 9.17) is 0 Å². The number of hydrogen-bond acceptors (Lipinski definition) is 3. The average Bonchev–Trinajstić information content (AvgIpc) is 2.89. The molecule has 3 rings (SSSR count). The summed E-state index contributed by atoms with van der Waals surface area (Å²) in [5, 5.41) is 0. The van der Waals surface area contributed by atoms with Gasteiger partial charge in [0.1, 0.15) is 11.6 Å². The second-order valence-corrected chi connectivity index (χ2v) is 6.36. The molecule has 2 aromatic rings. The first-order valence-electron chi connectivity index (χ1n) is 8.10. The zero-order chi connectivity index (χ0) is 18.1. The standard InChI is InChI=1S/C19H20FN3O2/c1-12-6-5-9-21-18(12)23(3)19(25)15-11-16(24)22(2)17(15)13-7-4-8-14(20)10-13/h4-10,15,17H,11H2,1-3H3/t15-,17+/m1/s1. The van der Waals surface area contributed by atoms with Gasteiger partial charge in [0.2, 0.25) is 11.8 Å². The molecule has 0 unspecified atom stereocenters. The Bertz CT molecular complexity index is 824. The number of nitrogens with zero attached hydrogens (tertiary/aromatic N) is 3. The van der Waals surface area contributed by atoms with E-state index >= 15 is 0 Å². The first kappa shape index (κ1) is 17.1. The molecule has 1 aromatic heterocycles. The number of likely N-dealkylation sites (tertiary alicyclic amines) is 1. The molecule has 0 bridgehead atoms. The Morgan fingerprint density at radius 2 is 2.08 bits per heavy atom. The highest BCUT2D eigenvalue weighted by Crippen LogP contribution is 2.38. The van der Waals surface area contributed by atoms with Crippen molar-refractivity contribution >= 4 is 17.6 Å². The Balaban J connectivity index is 1.95. The highest BCUT2D eigenvalue weighted by Gasteiger charge is 2.44. The number of halogens is 1. The van der Waals surface area contributed by atoms with E-state index in [1.807, 2.05) is 13.0 Å². The molecular formula is C19H20FN3O2. The van der Waals surface area contributed by atoms with Crippen LogP contribution in [0.3, 0.4) is 0 Å². The number of carbonyl (C=O) groups excluding carboxylic acids is 2. The molecule has 130 valence electrons. The lowest BCUT2D eigenvalue weighted by molar-refractivity contribution is -0.128. The maximum absolute atomic E-state index is 13.6. The van der Waals surface area contributed by atoms with Crippen molar-refractivity contribution in [2.75, 3.05) is 19.0 Å². The van der Waals surface area contributed by atoms with E-state index in [1.54, 1.807) is 38.5 Å². The highest BCUT2D eigenvalue weighted by molar-refractivity contribution is 5.99. The van der Waals surface area contributed by atoms with Gasteiger partial charge in [0.25, 0.3) is 0 Å². The molecule has 0 N–H and O–H groups in total. The fraction of sp³-hybridized carbons (Fsp3) is 0.316. The van der Waals surface area contributed by atoms with Gasteiger partial charge in [-0.15, -0.1) is 0 Å². The number of pyridine rings is 1. The summed E-state index contributed by atoms with van der Waals surface area (Å²) in [6.45, 7) is 1.88. The van der Waals surface area contributed by atoms with Crippen LogP contribution in [0.15, 0.2) is 42.6 Å². The molecule has 1 fully saturated rings. The van der Waals surface area contributed by atoms with Gasteiger partial charge in [0.15, 0.2) is 0 Å². The topological polar surface area (TPSA) is 53.5 Å². The van der Waals surface area contributed by atoms with Crippen LogP contribution in [-0.4, -0.2) is 35.8 Å². The smallest absolute Gasteiger partial charge is 0.233 e. The van der Waals surface area contributed by atoms with E-state index in [2.05, 4.69) is 4.98 Å². The van der Waals surface area contributed by atoms with E-state index in [1.165, 1.54) is 21.9 Å². The van der Waals surface area contributed by atoms with Crippen LogP contribution in [0.5, 0.6) is 0 Å². The minimum Gasteiger partial charge on any atom is -0.338 e. The Morgan fingerprint density at radius 1 is 1.32 bits per heavy atom. The molecule has 0 aliphatic carbocycles. The fourth-order valence-electron chi connectivity index (χ4n) is 3.42. The van der Waals surface area contributed by atoms with Crippen LogP contribution >= 0.6 is 0 Å². The monoisotopic (exact) mass is 341 g/mol. The van der Waals surface area contributed by atoms with E-state index in [9.17, 15) is 14.0 Å². The van der Waals surface area contributed by atoms with Crippen LogP contribution < -0.4 is 4.90 Å². The van der Waals surface area contributed by atoms with Crippen LogP contribution in [0, 0.1) is 18.7 Å². The number of carbonyl (C=O) groups is 2. The van der Waals surface area contributed by atoms with Crippen molar-refractivity contribution in [1.82, 2.24) is 9.88 Å². The van der Waals surface area contributed by atoms with Crippen molar-refractivity contribution in [3.8, 4) is 0 Å². The fourth-order valence-corrected chi connectivity index (χ4v) is 3.42. The Morgan fingerprint density at radius 3 is 2.76 bits per heavy atom. The van der Waals surface area contributed by atoms with Gasteiger partial charge in [0.05, 0.1) is 12.0 Å². The minimum atomic E-state index is -0.578.